The zero-order valence-corrected chi connectivity index (χ0v) is 9.37. The van der Waals surface area contributed by atoms with Gasteiger partial charge in [-0.1, -0.05) is 13.3 Å². The summed E-state index contributed by atoms with van der Waals surface area (Å²) in [5.74, 6) is -0.568. The highest BCUT2D eigenvalue weighted by atomic mass is 16.5. The van der Waals surface area contributed by atoms with Gasteiger partial charge in [-0.05, 0) is 13.3 Å². The van der Waals surface area contributed by atoms with Crippen molar-refractivity contribution in [3.05, 3.63) is 0 Å². The maximum atomic E-state index is 11.6. The van der Waals surface area contributed by atoms with E-state index in [1.165, 1.54) is 7.11 Å². The van der Waals surface area contributed by atoms with E-state index in [0.29, 0.717) is 0 Å². The lowest BCUT2D eigenvalue weighted by molar-refractivity contribution is -0.147. The van der Waals surface area contributed by atoms with Crippen LogP contribution in [0.15, 0.2) is 0 Å². The second-order valence-corrected chi connectivity index (χ2v) is 3.85. The van der Waals surface area contributed by atoms with E-state index in [-0.39, 0.29) is 30.0 Å². The first-order valence-electron chi connectivity index (χ1n) is 5.25. The normalized spacial score (nSPS) is 30.3. The van der Waals surface area contributed by atoms with Gasteiger partial charge in [0, 0.05) is 12.1 Å². The van der Waals surface area contributed by atoms with Gasteiger partial charge in [-0.2, -0.15) is 0 Å². The lowest BCUT2D eigenvalue weighted by atomic mass is 9.88. The molecule has 0 aromatic carbocycles. The molecule has 1 saturated heterocycles. The third-order valence-electron chi connectivity index (χ3n) is 2.72. The molecular formula is C10H18N2O3. The van der Waals surface area contributed by atoms with Gasteiger partial charge in [-0.25, -0.2) is 4.79 Å². The van der Waals surface area contributed by atoms with Crippen molar-refractivity contribution in [2.24, 2.45) is 5.92 Å². The molecule has 0 spiro atoms. The Morgan fingerprint density at radius 1 is 1.47 bits per heavy atom. The van der Waals surface area contributed by atoms with Gasteiger partial charge in [-0.15, -0.1) is 0 Å². The summed E-state index contributed by atoms with van der Waals surface area (Å²) in [5, 5.41) is 5.44. The summed E-state index contributed by atoms with van der Waals surface area (Å²) >= 11 is 0. The van der Waals surface area contributed by atoms with E-state index < -0.39 is 0 Å². The van der Waals surface area contributed by atoms with Crippen LogP contribution in [-0.4, -0.2) is 31.2 Å². The van der Waals surface area contributed by atoms with Gasteiger partial charge in [0.25, 0.3) is 0 Å². The molecular weight excluding hydrogens is 196 g/mol. The smallest absolute Gasteiger partial charge is 0.315 e. The predicted molar refractivity (Wildman–Crippen MR) is 55.3 cm³/mol. The highest BCUT2D eigenvalue weighted by molar-refractivity contribution is 5.81. The van der Waals surface area contributed by atoms with Crippen molar-refractivity contribution in [3.63, 3.8) is 0 Å². The largest absolute Gasteiger partial charge is 0.469 e. The van der Waals surface area contributed by atoms with Crippen LogP contribution in [0.1, 0.15) is 26.7 Å². The molecule has 86 valence electrons. The lowest BCUT2D eigenvalue weighted by Gasteiger charge is -2.35. The van der Waals surface area contributed by atoms with Crippen molar-refractivity contribution in [2.45, 2.75) is 38.8 Å². The summed E-state index contributed by atoms with van der Waals surface area (Å²) in [6.07, 6.45) is 1.71. The highest BCUT2D eigenvalue weighted by Gasteiger charge is 2.38. The Bertz CT molecular complexity index is 255. The second-order valence-electron chi connectivity index (χ2n) is 3.85. The van der Waals surface area contributed by atoms with Crippen molar-refractivity contribution in [2.75, 3.05) is 7.11 Å². The number of methoxy groups -OCH3 is 1. The fraction of sp³-hybridized carbons (Fsp3) is 0.800. The van der Waals surface area contributed by atoms with E-state index in [9.17, 15) is 9.59 Å². The third-order valence-corrected chi connectivity index (χ3v) is 2.72. The molecule has 0 aromatic heterocycles. The van der Waals surface area contributed by atoms with E-state index in [1.807, 2.05) is 13.8 Å². The summed E-state index contributed by atoms with van der Waals surface area (Å²) in [6.45, 7) is 3.84. The fourth-order valence-electron chi connectivity index (χ4n) is 2.01. The Morgan fingerprint density at radius 3 is 2.67 bits per heavy atom. The maximum Gasteiger partial charge on any atom is 0.315 e. The average Bonchev–Trinajstić information content (AvgIpc) is 2.16. The fourth-order valence-corrected chi connectivity index (χ4v) is 2.01. The monoisotopic (exact) mass is 214 g/mol. The minimum absolute atomic E-state index is 0.119. The van der Waals surface area contributed by atoms with Crippen molar-refractivity contribution in [1.29, 1.82) is 0 Å². The number of carbonyl (C=O) groups excluding carboxylic acids is 2. The Kier molecular flexibility index (Phi) is 3.94. The van der Waals surface area contributed by atoms with E-state index in [4.69, 9.17) is 4.74 Å². The Balaban J connectivity index is 2.77. The summed E-state index contributed by atoms with van der Waals surface area (Å²) in [6, 6.07) is -0.505. The zero-order valence-electron chi connectivity index (χ0n) is 9.37. The minimum Gasteiger partial charge on any atom is -0.469 e. The molecule has 5 heteroatoms. The number of hydrogen-bond donors (Lipinski definition) is 2. The maximum absolute atomic E-state index is 11.6. The number of urea groups is 1. The molecule has 5 nitrogen and oxygen atoms in total. The first-order valence-corrected chi connectivity index (χ1v) is 5.25. The summed E-state index contributed by atoms with van der Waals surface area (Å²) in [7, 11) is 1.37. The molecule has 3 unspecified atom stereocenters. The Hall–Kier alpha value is -1.26. The first-order chi connectivity index (χ1) is 7.10. The van der Waals surface area contributed by atoms with Gasteiger partial charge in [-0.3, -0.25) is 4.79 Å². The lowest BCUT2D eigenvalue weighted by Crippen LogP contribution is -2.61. The van der Waals surface area contributed by atoms with Gasteiger partial charge < -0.3 is 15.4 Å². The molecule has 1 fully saturated rings. The zero-order chi connectivity index (χ0) is 11.4. The number of amides is 2. The number of ether oxygens (including phenoxy) is 1. The molecule has 0 bridgehead atoms. The van der Waals surface area contributed by atoms with E-state index in [0.717, 1.165) is 12.8 Å². The number of nitrogens with one attached hydrogen (secondary N) is 2. The summed E-state index contributed by atoms with van der Waals surface area (Å²) in [5.41, 5.74) is 0. The molecule has 0 aliphatic carbocycles. The molecule has 1 aliphatic rings. The van der Waals surface area contributed by atoms with Crippen LogP contribution in [0.4, 0.5) is 4.79 Å². The van der Waals surface area contributed by atoms with Gasteiger partial charge in [0.15, 0.2) is 0 Å². The molecule has 0 aromatic rings. The quantitative estimate of drug-likeness (QED) is 0.678. The SMILES string of the molecule is CCCC1NC(=O)NC(C)C1C(=O)OC. The van der Waals surface area contributed by atoms with Crippen LogP contribution in [0.25, 0.3) is 0 Å². The van der Waals surface area contributed by atoms with Crippen molar-refractivity contribution < 1.29 is 14.3 Å². The Labute approximate surface area is 89.6 Å². The van der Waals surface area contributed by atoms with Crippen LogP contribution in [0, 0.1) is 5.92 Å². The highest BCUT2D eigenvalue weighted by Crippen LogP contribution is 2.19. The molecule has 0 saturated carbocycles. The van der Waals surface area contributed by atoms with Gasteiger partial charge in [0.2, 0.25) is 0 Å². The van der Waals surface area contributed by atoms with Crippen LogP contribution in [-0.2, 0) is 9.53 Å². The molecule has 15 heavy (non-hydrogen) atoms. The van der Waals surface area contributed by atoms with Crippen LogP contribution in [0.5, 0.6) is 0 Å². The van der Waals surface area contributed by atoms with Crippen LogP contribution in [0.3, 0.4) is 0 Å². The molecule has 2 amide bonds. The molecule has 1 heterocycles. The van der Waals surface area contributed by atoms with Gasteiger partial charge in [0.05, 0.1) is 13.0 Å². The van der Waals surface area contributed by atoms with Crippen molar-refractivity contribution in [3.8, 4) is 0 Å². The van der Waals surface area contributed by atoms with E-state index in [2.05, 4.69) is 10.6 Å². The molecule has 2 N–H and O–H groups in total. The van der Waals surface area contributed by atoms with Crippen LogP contribution < -0.4 is 10.6 Å². The molecule has 0 radical (unpaired) electrons. The average molecular weight is 214 g/mol. The number of carbonyl (C=O) groups is 2. The Morgan fingerprint density at radius 2 is 2.13 bits per heavy atom. The number of rotatable bonds is 3. The topological polar surface area (TPSA) is 67.4 Å². The van der Waals surface area contributed by atoms with Gasteiger partial charge >= 0.3 is 12.0 Å². The van der Waals surface area contributed by atoms with E-state index >= 15 is 0 Å². The summed E-state index contributed by atoms with van der Waals surface area (Å²) in [4.78, 5) is 22.8. The third kappa shape index (κ3) is 2.61. The molecule has 1 aliphatic heterocycles. The van der Waals surface area contributed by atoms with E-state index in [1.54, 1.807) is 0 Å². The molecule has 3 atom stereocenters. The van der Waals surface area contributed by atoms with Crippen molar-refractivity contribution in [1.82, 2.24) is 10.6 Å². The van der Waals surface area contributed by atoms with Crippen LogP contribution >= 0.6 is 0 Å². The van der Waals surface area contributed by atoms with Gasteiger partial charge in [0.1, 0.15) is 0 Å². The minimum atomic E-state index is -0.298. The second kappa shape index (κ2) is 5.00. The first kappa shape index (κ1) is 11.8. The number of hydrogen-bond acceptors (Lipinski definition) is 3. The van der Waals surface area contributed by atoms with Crippen LogP contribution in [0.2, 0.25) is 0 Å². The standard InChI is InChI=1S/C10H18N2O3/c1-4-5-7-8(9(13)15-3)6(2)11-10(14)12-7/h6-8H,4-5H2,1-3H3,(H2,11,12,14). The molecule has 1 rings (SSSR count). The van der Waals surface area contributed by atoms with Crippen molar-refractivity contribution >= 4 is 12.0 Å². The summed E-state index contributed by atoms with van der Waals surface area (Å²) < 4.78 is 4.74. The predicted octanol–water partition coefficient (Wildman–Crippen LogP) is 0.646. The number of esters is 1.